The van der Waals surface area contributed by atoms with Crippen molar-refractivity contribution in [1.29, 1.82) is 0 Å². The lowest BCUT2D eigenvalue weighted by molar-refractivity contribution is 0.0930. The number of halogens is 3. The molecule has 0 saturated heterocycles. The molecule has 0 radical (unpaired) electrons. The minimum absolute atomic E-state index is 0.0291. The van der Waals surface area contributed by atoms with Crippen LogP contribution in [0.15, 0.2) is 78.9 Å². The van der Waals surface area contributed by atoms with Gasteiger partial charge in [0.15, 0.2) is 0 Å². The second kappa shape index (κ2) is 10.4. The Labute approximate surface area is 208 Å². The van der Waals surface area contributed by atoms with E-state index >= 15 is 0 Å². The molecule has 1 atom stereocenters. The molecule has 4 nitrogen and oxygen atoms in total. The summed E-state index contributed by atoms with van der Waals surface area (Å²) in [6.07, 6.45) is 1.69. The minimum atomic E-state index is -0.229. The van der Waals surface area contributed by atoms with Gasteiger partial charge in [-0.1, -0.05) is 83.3 Å². The molecular formula is C26H22Cl3N3O. The lowest BCUT2D eigenvalue weighted by Crippen LogP contribution is -2.34. The van der Waals surface area contributed by atoms with Crippen molar-refractivity contribution in [2.45, 2.75) is 25.8 Å². The van der Waals surface area contributed by atoms with Crippen molar-refractivity contribution in [1.82, 2.24) is 15.1 Å². The van der Waals surface area contributed by atoms with E-state index in [2.05, 4.69) is 22.5 Å². The fourth-order valence-electron chi connectivity index (χ4n) is 3.55. The molecule has 1 N–H and O–H groups in total. The quantitative estimate of drug-likeness (QED) is 0.292. The molecule has 0 aliphatic carbocycles. The molecule has 4 aromatic rings. The Morgan fingerprint density at radius 2 is 1.64 bits per heavy atom. The van der Waals surface area contributed by atoms with E-state index in [4.69, 9.17) is 34.8 Å². The van der Waals surface area contributed by atoms with Gasteiger partial charge in [0, 0.05) is 11.6 Å². The highest BCUT2D eigenvalue weighted by atomic mass is 35.5. The van der Waals surface area contributed by atoms with Crippen molar-refractivity contribution in [2.24, 2.45) is 0 Å². The summed E-state index contributed by atoms with van der Waals surface area (Å²) in [6.45, 7) is 2.00. The monoisotopic (exact) mass is 497 g/mol. The van der Waals surface area contributed by atoms with Crippen molar-refractivity contribution in [3.63, 3.8) is 0 Å². The standard InChI is InChI=1S/C26H22Cl3N3O/c1-17(11-12-18-7-3-2-4-8-18)30-26(33)25-16-24(20-9-5-6-10-21(20)27)31-32(25)19-13-14-22(28)23(29)15-19/h2-10,13-17H,11-12H2,1H3,(H,30,33). The van der Waals surface area contributed by atoms with Crippen LogP contribution in [0.4, 0.5) is 0 Å². The van der Waals surface area contributed by atoms with Gasteiger partial charge in [0.05, 0.1) is 26.4 Å². The van der Waals surface area contributed by atoms with E-state index in [1.54, 1.807) is 35.0 Å². The van der Waals surface area contributed by atoms with Crippen molar-refractivity contribution in [3.05, 3.63) is 105 Å². The third-order valence-electron chi connectivity index (χ3n) is 5.33. The number of aryl methyl sites for hydroxylation is 1. The molecule has 3 aromatic carbocycles. The van der Waals surface area contributed by atoms with Crippen LogP contribution in [0.2, 0.25) is 15.1 Å². The Hall–Kier alpha value is -2.79. The smallest absolute Gasteiger partial charge is 0.270 e. The molecule has 1 amide bonds. The van der Waals surface area contributed by atoms with Crippen LogP contribution in [-0.4, -0.2) is 21.7 Å². The lowest BCUT2D eigenvalue weighted by Gasteiger charge is -2.15. The first kappa shape index (κ1) is 23.4. The van der Waals surface area contributed by atoms with Gasteiger partial charge in [0.1, 0.15) is 5.69 Å². The molecule has 4 rings (SSSR count). The number of nitrogens with zero attached hydrogens (tertiary/aromatic N) is 2. The number of carbonyl (C=O) groups excluding carboxylic acids is 1. The Bertz CT molecular complexity index is 1270. The van der Waals surface area contributed by atoms with E-state index < -0.39 is 0 Å². The van der Waals surface area contributed by atoms with E-state index in [-0.39, 0.29) is 11.9 Å². The van der Waals surface area contributed by atoms with E-state index in [1.807, 2.05) is 43.3 Å². The molecule has 168 valence electrons. The maximum Gasteiger partial charge on any atom is 0.270 e. The summed E-state index contributed by atoms with van der Waals surface area (Å²) >= 11 is 18.7. The summed E-state index contributed by atoms with van der Waals surface area (Å²) in [4.78, 5) is 13.3. The highest BCUT2D eigenvalue weighted by Gasteiger charge is 2.20. The average molecular weight is 499 g/mol. The number of aromatic nitrogens is 2. The summed E-state index contributed by atoms with van der Waals surface area (Å²) in [5.74, 6) is -0.229. The van der Waals surface area contributed by atoms with Crippen LogP contribution in [-0.2, 0) is 6.42 Å². The van der Waals surface area contributed by atoms with Crippen LogP contribution < -0.4 is 5.32 Å². The topological polar surface area (TPSA) is 46.9 Å². The molecule has 1 aromatic heterocycles. The van der Waals surface area contributed by atoms with Gasteiger partial charge in [0.25, 0.3) is 5.91 Å². The summed E-state index contributed by atoms with van der Waals surface area (Å²) in [5, 5.41) is 9.13. The highest BCUT2D eigenvalue weighted by Crippen LogP contribution is 2.30. The van der Waals surface area contributed by atoms with Crippen LogP contribution in [0.5, 0.6) is 0 Å². The van der Waals surface area contributed by atoms with Gasteiger partial charge in [-0.2, -0.15) is 5.10 Å². The van der Waals surface area contributed by atoms with E-state index in [1.165, 1.54) is 5.56 Å². The molecule has 0 fully saturated rings. The van der Waals surface area contributed by atoms with Gasteiger partial charge in [-0.3, -0.25) is 4.79 Å². The first-order valence-electron chi connectivity index (χ1n) is 10.6. The van der Waals surface area contributed by atoms with E-state index in [9.17, 15) is 4.79 Å². The number of amides is 1. The number of hydrogen-bond donors (Lipinski definition) is 1. The number of hydrogen-bond acceptors (Lipinski definition) is 2. The van der Waals surface area contributed by atoms with Crippen molar-refractivity contribution in [3.8, 4) is 16.9 Å². The molecule has 7 heteroatoms. The number of benzene rings is 3. The zero-order valence-electron chi connectivity index (χ0n) is 17.9. The third kappa shape index (κ3) is 5.59. The SMILES string of the molecule is CC(CCc1ccccc1)NC(=O)c1cc(-c2ccccc2Cl)nn1-c1ccc(Cl)c(Cl)c1. The van der Waals surface area contributed by atoms with Crippen molar-refractivity contribution < 1.29 is 4.79 Å². The molecular weight excluding hydrogens is 477 g/mol. The molecule has 0 bridgehead atoms. The largest absolute Gasteiger partial charge is 0.348 e. The van der Waals surface area contributed by atoms with Gasteiger partial charge >= 0.3 is 0 Å². The van der Waals surface area contributed by atoms with Crippen LogP contribution in [0.25, 0.3) is 16.9 Å². The van der Waals surface area contributed by atoms with Gasteiger partial charge < -0.3 is 5.32 Å². The van der Waals surface area contributed by atoms with Gasteiger partial charge in [0.2, 0.25) is 0 Å². The van der Waals surface area contributed by atoms with Crippen LogP contribution in [0.3, 0.4) is 0 Å². The zero-order valence-corrected chi connectivity index (χ0v) is 20.2. The van der Waals surface area contributed by atoms with Crippen LogP contribution in [0.1, 0.15) is 29.4 Å². The summed E-state index contributed by atoms with van der Waals surface area (Å²) in [5.41, 5.74) is 3.58. The molecule has 33 heavy (non-hydrogen) atoms. The average Bonchev–Trinajstić information content (AvgIpc) is 3.26. The minimum Gasteiger partial charge on any atom is -0.348 e. The molecule has 0 aliphatic heterocycles. The maximum atomic E-state index is 13.3. The molecule has 0 spiro atoms. The second-order valence-electron chi connectivity index (χ2n) is 7.80. The van der Waals surface area contributed by atoms with Gasteiger partial charge in [-0.15, -0.1) is 0 Å². The Morgan fingerprint density at radius 3 is 2.36 bits per heavy atom. The molecule has 0 saturated carbocycles. The predicted molar refractivity (Wildman–Crippen MR) is 136 cm³/mol. The normalized spacial score (nSPS) is 11.9. The fourth-order valence-corrected chi connectivity index (χ4v) is 4.08. The zero-order chi connectivity index (χ0) is 23.4. The molecule has 1 unspecified atom stereocenters. The molecule has 1 heterocycles. The number of carbonyl (C=O) groups is 1. The van der Waals surface area contributed by atoms with E-state index in [0.29, 0.717) is 32.1 Å². The first-order chi connectivity index (χ1) is 15.9. The maximum absolute atomic E-state index is 13.3. The number of rotatable bonds is 7. The van der Waals surface area contributed by atoms with Crippen molar-refractivity contribution in [2.75, 3.05) is 0 Å². The summed E-state index contributed by atoms with van der Waals surface area (Å²) in [7, 11) is 0. The van der Waals surface area contributed by atoms with Crippen molar-refractivity contribution >= 4 is 40.7 Å². The lowest BCUT2D eigenvalue weighted by atomic mass is 10.1. The Balaban J connectivity index is 1.63. The second-order valence-corrected chi connectivity index (χ2v) is 9.03. The summed E-state index contributed by atoms with van der Waals surface area (Å²) < 4.78 is 1.57. The molecule has 0 aliphatic rings. The van der Waals surface area contributed by atoms with Gasteiger partial charge in [-0.25, -0.2) is 4.68 Å². The third-order valence-corrected chi connectivity index (χ3v) is 6.39. The van der Waals surface area contributed by atoms with Crippen LogP contribution in [0, 0.1) is 0 Å². The van der Waals surface area contributed by atoms with Crippen LogP contribution >= 0.6 is 34.8 Å². The highest BCUT2D eigenvalue weighted by molar-refractivity contribution is 6.42. The number of nitrogens with one attached hydrogen (secondary N) is 1. The predicted octanol–water partition coefficient (Wildman–Crippen LogP) is 7.25. The van der Waals surface area contributed by atoms with E-state index in [0.717, 1.165) is 18.4 Å². The summed E-state index contributed by atoms with van der Waals surface area (Å²) in [6, 6.07) is 24.4. The Morgan fingerprint density at radius 1 is 0.909 bits per heavy atom. The van der Waals surface area contributed by atoms with Gasteiger partial charge in [-0.05, 0) is 55.7 Å². The first-order valence-corrected chi connectivity index (χ1v) is 11.7. The Kier molecular flexibility index (Phi) is 7.39. The fraction of sp³-hybridized carbons (Fsp3) is 0.154.